The lowest BCUT2D eigenvalue weighted by atomic mass is 9.63. The minimum Gasteiger partial charge on any atom is -0.459 e. The highest BCUT2D eigenvalue weighted by Gasteiger charge is 2.46. The zero-order valence-corrected chi connectivity index (χ0v) is 12.3. The number of methoxy groups -OCH3 is 1. The Balaban J connectivity index is 2.43. The minimum absolute atomic E-state index is 0.103. The fourth-order valence-corrected chi connectivity index (χ4v) is 3.10. The lowest BCUT2D eigenvalue weighted by Crippen LogP contribution is -2.48. The van der Waals surface area contributed by atoms with Crippen molar-refractivity contribution in [1.82, 2.24) is 0 Å². The van der Waals surface area contributed by atoms with Gasteiger partial charge in [-0.3, -0.25) is 4.79 Å². The summed E-state index contributed by atoms with van der Waals surface area (Å²) in [6.07, 6.45) is 8.16. The van der Waals surface area contributed by atoms with Gasteiger partial charge in [0.05, 0.1) is 0 Å². The molecule has 0 saturated carbocycles. The third-order valence-corrected chi connectivity index (χ3v) is 4.36. The van der Waals surface area contributed by atoms with Gasteiger partial charge >= 0.3 is 5.97 Å². The van der Waals surface area contributed by atoms with Crippen molar-refractivity contribution in [1.29, 1.82) is 0 Å². The Kier molecular flexibility index (Phi) is 3.68. The summed E-state index contributed by atoms with van der Waals surface area (Å²) in [6, 6.07) is 0. The Bertz CT molecular complexity index is 472. The fraction of sp³-hybridized carbons (Fsp3) is 0.562. The maximum atomic E-state index is 11.3. The van der Waals surface area contributed by atoms with Gasteiger partial charge in [-0.15, -0.1) is 0 Å². The van der Waals surface area contributed by atoms with E-state index in [9.17, 15) is 4.79 Å². The largest absolute Gasteiger partial charge is 0.459 e. The van der Waals surface area contributed by atoms with E-state index in [1.807, 2.05) is 0 Å². The van der Waals surface area contributed by atoms with Crippen LogP contribution in [0.4, 0.5) is 0 Å². The highest BCUT2D eigenvalue weighted by Crippen LogP contribution is 2.47. The predicted molar refractivity (Wildman–Crippen MR) is 74.6 cm³/mol. The molecule has 0 aromatic carbocycles. The summed E-state index contributed by atoms with van der Waals surface area (Å²) in [5.41, 5.74) is 2.37. The standard InChI is InChI=1S/C16H22O3/c1-10-6-7-13-8-14(18-5)15(19-12(3)17)11(2)16(13,4)9-10/h6-9,11,14-15H,1-5H3/t11-,14-,15+,16+/m0/s1. The Labute approximate surface area is 115 Å². The average Bonchev–Trinajstić information content (AvgIpc) is 2.33. The Hall–Kier alpha value is -1.35. The second-order valence-corrected chi connectivity index (χ2v) is 5.69. The molecule has 0 fully saturated rings. The smallest absolute Gasteiger partial charge is 0.303 e. The van der Waals surface area contributed by atoms with Crippen molar-refractivity contribution in [3.63, 3.8) is 0 Å². The van der Waals surface area contributed by atoms with Crippen LogP contribution in [0.15, 0.2) is 35.5 Å². The zero-order chi connectivity index (χ0) is 14.2. The summed E-state index contributed by atoms with van der Waals surface area (Å²) in [5.74, 6) is -0.0901. The molecule has 0 saturated heterocycles. The average molecular weight is 262 g/mol. The molecule has 4 atom stereocenters. The van der Waals surface area contributed by atoms with Crippen molar-refractivity contribution in [2.24, 2.45) is 11.3 Å². The van der Waals surface area contributed by atoms with Crippen molar-refractivity contribution in [2.45, 2.75) is 39.9 Å². The van der Waals surface area contributed by atoms with Crippen molar-refractivity contribution in [2.75, 3.05) is 7.11 Å². The summed E-state index contributed by atoms with van der Waals surface area (Å²) >= 11 is 0. The number of esters is 1. The molecule has 0 aromatic heterocycles. The molecule has 0 spiro atoms. The number of carbonyl (C=O) groups excluding carboxylic acids is 1. The molecule has 2 aliphatic rings. The van der Waals surface area contributed by atoms with E-state index in [1.54, 1.807) is 7.11 Å². The molecule has 0 bridgehead atoms. The summed E-state index contributed by atoms with van der Waals surface area (Å²) in [7, 11) is 1.65. The van der Waals surface area contributed by atoms with E-state index in [0.717, 1.165) is 0 Å². The van der Waals surface area contributed by atoms with Gasteiger partial charge in [0, 0.05) is 25.4 Å². The van der Waals surface area contributed by atoms with E-state index in [-0.39, 0.29) is 29.5 Å². The van der Waals surface area contributed by atoms with Crippen molar-refractivity contribution in [3.05, 3.63) is 35.5 Å². The lowest BCUT2D eigenvalue weighted by molar-refractivity contribution is -0.159. The number of fused-ring (bicyclic) bond motifs is 1. The SMILES string of the molecule is CO[C@H]1C=C2C=CC(C)=C[C@]2(C)[C@@H](C)[C@H]1OC(C)=O. The van der Waals surface area contributed by atoms with Crippen LogP contribution in [-0.2, 0) is 14.3 Å². The van der Waals surface area contributed by atoms with Gasteiger partial charge < -0.3 is 9.47 Å². The van der Waals surface area contributed by atoms with Crippen LogP contribution in [0.1, 0.15) is 27.7 Å². The second-order valence-electron chi connectivity index (χ2n) is 5.69. The van der Waals surface area contributed by atoms with Crippen molar-refractivity contribution < 1.29 is 14.3 Å². The number of carbonyl (C=O) groups is 1. The van der Waals surface area contributed by atoms with E-state index >= 15 is 0 Å². The molecule has 3 heteroatoms. The highest BCUT2D eigenvalue weighted by molar-refractivity contribution is 5.66. The normalized spacial score (nSPS) is 37.2. The van der Waals surface area contributed by atoms with E-state index in [0.29, 0.717) is 0 Å². The first kappa shape index (κ1) is 14.1. The van der Waals surface area contributed by atoms with Crippen LogP contribution in [0.5, 0.6) is 0 Å². The molecule has 2 aliphatic carbocycles. The fourth-order valence-electron chi connectivity index (χ4n) is 3.10. The number of allylic oxidation sites excluding steroid dienone is 5. The molecule has 0 N–H and O–H groups in total. The first-order valence-corrected chi connectivity index (χ1v) is 6.68. The molecule has 2 rings (SSSR count). The van der Waals surface area contributed by atoms with Gasteiger partial charge in [0.25, 0.3) is 0 Å². The number of ether oxygens (including phenoxy) is 2. The van der Waals surface area contributed by atoms with Crippen LogP contribution < -0.4 is 0 Å². The zero-order valence-electron chi connectivity index (χ0n) is 12.3. The van der Waals surface area contributed by atoms with Gasteiger partial charge in [0.1, 0.15) is 12.2 Å². The summed E-state index contributed by atoms with van der Waals surface area (Å²) < 4.78 is 11.0. The van der Waals surface area contributed by atoms with Gasteiger partial charge in [-0.05, 0) is 18.6 Å². The van der Waals surface area contributed by atoms with E-state index < -0.39 is 0 Å². The lowest BCUT2D eigenvalue weighted by Gasteiger charge is -2.46. The third-order valence-electron chi connectivity index (χ3n) is 4.36. The Morgan fingerprint density at radius 1 is 1.37 bits per heavy atom. The predicted octanol–water partition coefficient (Wildman–Crippen LogP) is 3.03. The summed E-state index contributed by atoms with van der Waals surface area (Å²) in [4.78, 5) is 11.3. The Morgan fingerprint density at radius 2 is 2.05 bits per heavy atom. The maximum absolute atomic E-state index is 11.3. The van der Waals surface area contributed by atoms with E-state index in [4.69, 9.17) is 9.47 Å². The summed E-state index contributed by atoms with van der Waals surface area (Å²) in [5, 5.41) is 0. The van der Waals surface area contributed by atoms with Crippen LogP contribution in [-0.4, -0.2) is 25.3 Å². The highest BCUT2D eigenvalue weighted by atomic mass is 16.6. The van der Waals surface area contributed by atoms with E-state index in [1.165, 1.54) is 18.1 Å². The van der Waals surface area contributed by atoms with Crippen LogP contribution in [0.25, 0.3) is 0 Å². The molecular weight excluding hydrogens is 240 g/mol. The summed E-state index contributed by atoms with van der Waals surface area (Å²) in [6.45, 7) is 7.85. The Morgan fingerprint density at radius 3 is 2.63 bits per heavy atom. The number of hydrogen-bond acceptors (Lipinski definition) is 3. The quantitative estimate of drug-likeness (QED) is 0.718. The minimum atomic E-state index is -0.258. The molecule has 0 amide bonds. The van der Waals surface area contributed by atoms with Gasteiger partial charge in [0.15, 0.2) is 0 Å². The molecule has 0 radical (unpaired) electrons. The topological polar surface area (TPSA) is 35.5 Å². The van der Waals surface area contributed by atoms with Crippen LogP contribution in [0.3, 0.4) is 0 Å². The van der Waals surface area contributed by atoms with Crippen LogP contribution in [0, 0.1) is 11.3 Å². The first-order valence-electron chi connectivity index (χ1n) is 6.68. The van der Waals surface area contributed by atoms with Gasteiger partial charge in [-0.1, -0.05) is 37.6 Å². The van der Waals surface area contributed by atoms with Gasteiger partial charge in [-0.2, -0.15) is 0 Å². The van der Waals surface area contributed by atoms with Gasteiger partial charge in [0.2, 0.25) is 0 Å². The number of rotatable bonds is 2. The molecule has 104 valence electrons. The number of hydrogen-bond donors (Lipinski definition) is 0. The van der Waals surface area contributed by atoms with Crippen molar-refractivity contribution >= 4 is 5.97 Å². The molecule has 0 aliphatic heterocycles. The molecular formula is C16H22O3. The monoisotopic (exact) mass is 262 g/mol. The van der Waals surface area contributed by atoms with E-state index in [2.05, 4.69) is 45.1 Å². The molecule has 0 unspecified atom stereocenters. The van der Waals surface area contributed by atoms with Crippen LogP contribution in [0.2, 0.25) is 0 Å². The first-order chi connectivity index (χ1) is 8.88. The van der Waals surface area contributed by atoms with Crippen LogP contribution >= 0.6 is 0 Å². The molecule has 0 aromatic rings. The van der Waals surface area contributed by atoms with Gasteiger partial charge in [-0.25, -0.2) is 0 Å². The molecule has 0 heterocycles. The molecule has 19 heavy (non-hydrogen) atoms. The third kappa shape index (κ3) is 2.39. The maximum Gasteiger partial charge on any atom is 0.303 e. The molecule has 3 nitrogen and oxygen atoms in total. The van der Waals surface area contributed by atoms with Crippen molar-refractivity contribution in [3.8, 4) is 0 Å². The second kappa shape index (κ2) is 4.97.